The topological polar surface area (TPSA) is 56.3 Å². The van der Waals surface area contributed by atoms with Gasteiger partial charge in [0.15, 0.2) is 14.9 Å². The Morgan fingerprint density at radius 1 is 1.00 bits per heavy atom. The summed E-state index contributed by atoms with van der Waals surface area (Å²) in [5, 5.41) is 0.990. The van der Waals surface area contributed by atoms with Gasteiger partial charge in [0, 0.05) is 23.6 Å². The molecule has 3 aromatic rings. The Morgan fingerprint density at radius 2 is 1.71 bits per heavy atom. The summed E-state index contributed by atoms with van der Waals surface area (Å²) in [7, 11) is -1.69. The summed E-state index contributed by atoms with van der Waals surface area (Å²) in [6.07, 6.45) is 1.86. The van der Waals surface area contributed by atoms with Crippen molar-refractivity contribution >= 4 is 20.7 Å². The largest absolute Gasteiger partial charge is 0.496 e. The van der Waals surface area contributed by atoms with Crippen molar-refractivity contribution in [1.82, 2.24) is 4.98 Å². The molecule has 0 aliphatic carbocycles. The molecule has 0 bridgehead atoms. The molecule has 0 N–H and O–H groups in total. The standard InChI is InChI=1S/C19H19NO3S/c1-13-4-6-14(7-5-13)12-16-15-8-11-19(24(3,21)22)20-17(15)9-10-18(16)23-2/h4-11H,12H2,1-3H3. The Labute approximate surface area is 142 Å². The normalized spacial score (nSPS) is 11.6. The summed E-state index contributed by atoms with van der Waals surface area (Å²) < 4.78 is 28.9. The molecule has 24 heavy (non-hydrogen) atoms. The zero-order valence-corrected chi connectivity index (χ0v) is 14.7. The molecule has 0 aliphatic heterocycles. The Bertz CT molecular complexity index is 993. The molecule has 124 valence electrons. The van der Waals surface area contributed by atoms with Crippen molar-refractivity contribution in [2.75, 3.05) is 13.4 Å². The fraction of sp³-hybridized carbons (Fsp3) is 0.211. The highest BCUT2D eigenvalue weighted by Crippen LogP contribution is 2.30. The van der Waals surface area contributed by atoms with Crippen LogP contribution in [0, 0.1) is 6.92 Å². The van der Waals surface area contributed by atoms with Crippen LogP contribution in [0.4, 0.5) is 0 Å². The van der Waals surface area contributed by atoms with Crippen molar-refractivity contribution in [3.8, 4) is 5.75 Å². The third kappa shape index (κ3) is 3.26. The third-order valence-corrected chi connectivity index (χ3v) is 5.00. The van der Waals surface area contributed by atoms with E-state index in [0.717, 1.165) is 23.0 Å². The minimum atomic E-state index is -3.33. The molecule has 0 atom stereocenters. The number of ether oxygens (including phenoxy) is 1. The minimum Gasteiger partial charge on any atom is -0.496 e. The number of sulfone groups is 1. The smallest absolute Gasteiger partial charge is 0.192 e. The predicted molar refractivity (Wildman–Crippen MR) is 95.4 cm³/mol. The maximum Gasteiger partial charge on any atom is 0.192 e. The van der Waals surface area contributed by atoms with E-state index in [9.17, 15) is 8.42 Å². The number of methoxy groups -OCH3 is 1. The van der Waals surface area contributed by atoms with Crippen molar-refractivity contribution in [2.24, 2.45) is 0 Å². The number of fused-ring (bicyclic) bond motifs is 1. The van der Waals surface area contributed by atoms with Gasteiger partial charge in [0.1, 0.15) is 5.75 Å². The van der Waals surface area contributed by atoms with E-state index < -0.39 is 9.84 Å². The maximum atomic E-state index is 11.7. The van der Waals surface area contributed by atoms with E-state index in [1.54, 1.807) is 19.2 Å². The molecule has 0 saturated carbocycles. The number of pyridine rings is 1. The Morgan fingerprint density at radius 3 is 2.33 bits per heavy atom. The average molecular weight is 341 g/mol. The summed E-state index contributed by atoms with van der Waals surface area (Å²) in [5.41, 5.74) is 4.04. The summed E-state index contributed by atoms with van der Waals surface area (Å²) in [6, 6.07) is 15.3. The van der Waals surface area contributed by atoms with E-state index in [1.807, 2.05) is 12.1 Å². The highest BCUT2D eigenvalue weighted by Gasteiger charge is 2.14. The van der Waals surface area contributed by atoms with Gasteiger partial charge in [-0.2, -0.15) is 0 Å². The minimum absolute atomic E-state index is 0.0847. The van der Waals surface area contributed by atoms with Crippen molar-refractivity contribution in [3.63, 3.8) is 0 Å². The second kappa shape index (κ2) is 6.24. The Hall–Kier alpha value is -2.40. The van der Waals surface area contributed by atoms with Crippen LogP contribution in [-0.4, -0.2) is 26.8 Å². The first kappa shape index (κ1) is 16.5. The van der Waals surface area contributed by atoms with Crippen LogP contribution in [0.25, 0.3) is 10.9 Å². The number of rotatable bonds is 4. The van der Waals surface area contributed by atoms with Crippen LogP contribution < -0.4 is 4.74 Å². The lowest BCUT2D eigenvalue weighted by molar-refractivity contribution is 0.411. The molecule has 0 aliphatic rings. The molecule has 5 heteroatoms. The maximum absolute atomic E-state index is 11.7. The summed E-state index contributed by atoms with van der Waals surface area (Å²) >= 11 is 0. The molecule has 0 radical (unpaired) electrons. The van der Waals surface area contributed by atoms with Gasteiger partial charge in [0.2, 0.25) is 0 Å². The van der Waals surface area contributed by atoms with Crippen molar-refractivity contribution < 1.29 is 13.2 Å². The number of nitrogens with zero attached hydrogens (tertiary/aromatic N) is 1. The number of aryl methyl sites for hydroxylation is 1. The van der Waals surface area contributed by atoms with Gasteiger partial charge in [-0.05, 0) is 36.8 Å². The van der Waals surface area contributed by atoms with Crippen LogP contribution in [0.5, 0.6) is 5.75 Å². The lowest BCUT2D eigenvalue weighted by atomic mass is 9.99. The Kier molecular flexibility index (Phi) is 4.28. The highest BCUT2D eigenvalue weighted by atomic mass is 32.2. The number of benzene rings is 2. The molecule has 1 heterocycles. The van der Waals surface area contributed by atoms with Crippen LogP contribution in [0.1, 0.15) is 16.7 Å². The first-order valence-electron chi connectivity index (χ1n) is 7.61. The van der Waals surface area contributed by atoms with Crippen LogP contribution in [-0.2, 0) is 16.3 Å². The zero-order valence-electron chi connectivity index (χ0n) is 13.9. The fourth-order valence-corrected chi connectivity index (χ4v) is 3.30. The lowest BCUT2D eigenvalue weighted by Gasteiger charge is -2.13. The van der Waals surface area contributed by atoms with Crippen LogP contribution in [0.15, 0.2) is 53.6 Å². The fourth-order valence-electron chi connectivity index (χ4n) is 2.72. The average Bonchev–Trinajstić information content (AvgIpc) is 2.56. The molecule has 0 amide bonds. The van der Waals surface area contributed by atoms with E-state index in [2.05, 4.69) is 36.2 Å². The lowest BCUT2D eigenvalue weighted by Crippen LogP contribution is -2.02. The van der Waals surface area contributed by atoms with Crippen LogP contribution >= 0.6 is 0 Å². The molecule has 1 aromatic heterocycles. The molecule has 2 aromatic carbocycles. The molecule has 0 unspecified atom stereocenters. The Balaban J connectivity index is 2.15. The monoisotopic (exact) mass is 341 g/mol. The third-order valence-electron chi connectivity index (χ3n) is 4.02. The molecule has 0 saturated heterocycles. The van der Waals surface area contributed by atoms with Gasteiger partial charge in [0.25, 0.3) is 0 Å². The van der Waals surface area contributed by atoms with Gasteiger partial charge in [-0.15, -0.1) is 0 Å². The summed E-state index contributed by atoms with van der Waals surface area (Å²) in [5.74, 6) is 0.775. The molecular weight excluding hydrogens is 322 g/mol. The van der Waals surface area contributed by atoms with E-state index in [0.29, 0.717) is 11.9 Å². The number of hydrogen-bond donors (Lipinski definition) is 0. The van der Waals surface area contributed by atoms with Gasteiger partial charge >= 0.3 is 0 Å². The quantitative estimate of drug-likeness (QED) is 0.728. The first-order valence-corrected chi connectivity index (χ1v) is 9.50. The molecule has 0 spiro atoms. The second-order valence-electron chi connectivity index (χ2n) is 5.90. The van der Waals surface area contributed by atoms with E-state index in [1.165, 1.54) is 11.1 Å². The molecule has 3 rings (SSSR count). The van der Waals surface area contributed by atoms with Crippen molar-refractivity contribution in [2.45, 2.75) is 18.4 Å². The van der Waals surface area contributed by atoms with Gasteiger partial charge in [-0.1, -0.05) is 29.8 Å². The van der Waals surface area contributed by atoms with Gasteiger partial charge in [0.05, 0.1) is 12.6 Å². The van der Waals surface area contributed by atoms with Gasteiger partial charge in [-0.25, -0.2) is 13.4 Å². The van der Waals surface area contributed by atoms with Crippen molar-refractivity contribution in [1.29, 1.82) is 0 Å². The van der Waals surface area contributed by atoms with Gasteiger partial charge < -0.3 is 4.74 Å². The zero-order chi connectivity index (χ0) is 17.3. The number of aromatic nitrogens is 1. The molecular formula is C19H19NO3S. The summed E-state index contributed by atoms with van der Waals surface area (Å²) in [6.45, 7) is 2.05. The molecule has 0 fully saturated rings. The first-order chi connectivity index (χ1) is 11.4. The van der Waals surface area contributed by atoms with Gasteiger partial charge in [-0.3, -0.25) is 0 Å². The molecule has 4 nitrogen and oxygen atoms in total. The van der Waals surface area contributed by atoms with E-state index in [-0.39, 0.29) is 5.03 Å². The van der Waals surface area contributed by atoms with E-state index in [4.69, 9.17) is 4.74 Å². The van der Waals surface area contributed by atoms with E-state index >= 15 is 0 Å². The summed E-state index contributed by atoms with van der Waals surface area (Å²) in [4.78, 5) is 4.29. The highest BCUT2D eigenvalue weighted by molar-refractivity contribution is 7.90. The predicted octanol–water partition coefficient (Wildman–Crippen LogP) is 3.55. The number of hydrogen-bond acceptors (Lipinski definition) is 4. The SMILES string of the molecule is COc1ccc2nc(S(C)(=O)=O)ccc2c1Cc1ccc(C)cc1. The van der Waals surface area contributed by atoms with Crippen LogP contribution in [0.2, 0.25) is 0 Å². The van der Waals surface area contributed by atoms with Crippen molar-refractivity contribution in [3.05, 3.63) is 65.2 Å². The second-order valence-corrected chi connectivity index (χ2v) is 7.86. The van der Waals surface area contributed by atoms with Crippen LogP contribution in [0.3, 0.4) is 0 Å².